The van der Waals surface area contributed by atoms with Gasteiger partial charge in [0.05, 0.1) is 31.0 Å². The second-order valence-corrected chi connectivity index (χ2v) is 5.34. The van der Waals surface area contributed by atoms with Crippen molar-refractivity contribution in [1.82, 2.24) is 0 Å². The highest BCUT2D eigenvalue weighted by atomic mass is 16.6. The van der Waals surface area contributed by atoms with Crippen molar-refractivity contribution in [3.8, 4) is 0 Å². The van der Waals surface area contributed by atoms with Gasteiger partial charge in [0.15, 0.2) is 0 Å². The Labute approximate surface area is 128 Å². The summed E-state index contributed by atoms with van der Waals surface area (Å²) in [6.45, 7) is 5.12. The Hall–Kier alpha value is -2.57. The van der Waals surface area contributed by atoms with Crippen molar-refractivity contribution in [2.75, 3.05) is 19.5 Å². The Bertz CT molecular complexity index is 588. The quantitative estimate of drug-likeness (QED) is 0.681. The van der Waals surface area contributed by atoms with Gasteiger partial charge in [-0.05, 0) is 32.9 Å². The van der Waals surface area contributed by atoms with E-state index in [1.165, 1.54) is 32.4 Å². The molecule has 0 fully saturated rings. The van der Waals surface area contributed by atoms with Crippen molar-refractivity contribution >= 4 is 23.7 Å². The number of esters is 2. The molecule has 0 saturated carbocycles. The lowest BCUT2D eigenvalue weighted by Crippen LogP contribution is -2.28. The van der Waals surface area contributed by atoms with Crippen molar-refractivity contribution < 1.29 is 28.6 Å². The molecular formula is C15H19NO6. The first-order chi connectivity index (χ1) is 10.2. The molecule has 7 nitrogen and oxygen atoms in total. The lowest BCUT2D eigenvalue weighted by molar-refractivity contribution is 0.0554. The van der Waals surface area contributed by atoms with Gasteiger partial charge in [0.25, 0.3) is 0 Å². The zero-order valence-corrected chi connectivity index (χ0v) is 13.2. The van der Waals surface area contributed by atoms with Gasteiger partial charge in [0.1, 0.15) is 5.60 Å². The van der Waals surface area contributed by atoms with Crippen LogP contribution in [0.2, 0.25) is 0 Å². The molecule has 0 unspecified atom stereocenters. The lowest BCUT2D eigenvalue weighted by atomic mass is 10.1. The average Bonchev–Trinajstić information content (AvgIpc) is 2.43. The summed E-state index contributed by atoms with van der Waals surface area (Å²) in [7, 11) is 2.37. The van der Waals surface area contributed by atoms with E-state index >= 15 is 0 Å². The molecule has 0 aliphatic heterocycles. The van der Waals surface area contributed by atoms with Crippen LogP contribution < -0.4 is 5.32 Å². The Morgan fingerprint density at radius 1 is 1.00 bits per heavy atom. The van der Waals surface area contributed by atoms with Gasteiger partial charge in [-0.2, -0.15) is 0 Å². The minimum absolute atomic E-state index is 0.0112. The molecule has 0 radical (unpaired) electrons. The maximum Gasteiger partial charge on any atom is 0.412 e. The summed E-state index contributed by atoms with van der Waals surface area (Å²) in [4.78, 5) is 35.5. The molecule has 1 rings (SSSR count). The second-order valence-electron chi connectivity index (χ2n) is 5.34. The van der Waals surface area contributed by atoms with Crippen molar-refractivity contribution in [2.45, 2.75) is 26.4 Å². The number of hydrogen-bond donors (Lipinski definition) is 1. The third-order valence-corrected chi connectivity index (χ3v) is 2.49. The predicted octanol–water partition coefficient (Wildman–Crippen LogP) is 2.61. The summed E-state index contributed by atoms with van der Waals surface area (Å²) in [5.74, 6) is -1.49. The SMILES string of the molecule is COC(=O)c1cccc(NC(=O)OC(C)(C)C)c1C(=O)OC. The first-order valence-electron chi connectivity index (χ1n) is 6.49. The van der Waals surface area contributed by atoms with Crippen molar-refractivity contribution in [3.63, 3.8) is 0 Å². The standard InChI is InChI=1S/C15H19NO6/c1-15(2,3)22-14(19)16-10-8-6-7-9(12(17)20-4)11(10)13(18)21-5/h6-8H,1-5H3,(H,16,19). The number of anilines is 1. The molecule has 0 atom stereocenters. The van der Waals surface area contributed by atoms with Crippen LogP contribution in [0.3, 0.4) is 0 Å². The Kier molecular flexibility index (Phi) is 5.50. The Morgan fingerprint density at radius 3 is 2.09 bits per heavy atom. The maximum absolute atomic E-state index is 11.9. The molecule has 0 spiro atoms. The number of amides is 1. The van der Waals surface area contributed by atoms with Crippen LogP contribution in [0.5, 0.6) is 0 Å². The molecule has 0 saturated heterocycles. The van der Waals surface area contributed by atoms with Crippen LogP contribution >= 0.6 is 0 Å². The molecule has 120 valence electrons. The van der Waals surface area contributed by atoms with Crippen LogP contribution in [0, 0.1) is 0 Å². The van der Waals surface area contributed by atoms with Crippen molar-refractivity contribution in [2.24, 2.45) is 0 Å². The highest BCUT2D eigenvalue weighted by Gasteiger charge is 2.24. The number of carbonyl (C=O) groups is 3. The van der Waals surface area contributed by atoms with Gasteiger partial charge in [0.2, 0.25) is 0 Å². The largest absolute Gasteiger partial charge is 0.465 e. The van der Waals surface area contributed by atoms with E-state index < -0.39 is 23.6 Å². The van der Waals surface area contributed by atoms with E-state index in [1.54, 1.807) is 20.8 Å². The van der Waals surface area contributed by atoms with Gasteiger partial charge in [-0.1, -0.05) is 6.07 Å². The number of methoxy groups -OCH3 is 2. The van der Waals surface area contributed by atoms with Gasteiger partial charge < -0.3 is 14.2 Å². The molecule has 1 aromatic rings. The lowest BCUT2D eigenvalue weighted by Gasteiger charge is -2.20. The fourth-order valence-electron chi connectivity index (χ4n) is 1.67. The number of rotatable bonds is 3. The minimum Gasteiger partial charge on any atom is -0.465 e. The van der Waals surface area contributed by atoms with E-state index in [2.05, 4.69) is 14.8 Å². The second kappa shape index (κ2) is 6.93. The molecule has 1 amide bonds. The van der Waals surface area contributed by atoms with Crippen LogP contribution in [0.15, 0.2) is 18.2 Å². The van der Waals surface area contributed by atoms with E-state index in [1.807, 2.05) is 0 Å². The molecule has 0 aliphatic carbocycles. The summed E-state index contributed by atoms with van der Waals surface area (Å²) >= 11 is 0. The van der Waals surface area contributed by atoms with Crippen LogP contribution in [0.1, 0.15) is 41.5 Å². The monoisotopic (exact) mass is 309 g/mol. The Morgan fingerprint density at radius 2 is 1.59 bits per heavy atom. The van der Waals surface area contributed by atoms with Crippen LogP contribution in [-0.4, -0.2) is 37.9 Å². The predicted molar refractivity (Wildman–Crippen MR) is 79.0 cm³/mol. The normalized spacial score (nSPS) is 10.6. The number of carbonyl (C=O) groups excluding carboxylic acids is 3. The molecule has 0 heterocycles. The summed E-state index contributed by atoms with van der Waals surface area (Å²) in [5, 5.41) is 2.43. The number of ether oxygens (including phenoxy) is 3. The fourth-order valence-corrected chi connectivity index (χ4v) is 1.67. The highest BCUT2D eigenvalue weighted by Crippen LogP contribution is 2.23. The number of nitrogens with one attached hydrogen (secondary N) is 1. The smallest absolute Gasteiger partial charge is 0.412 e. The maximum atomic E-state index is 11.9. The van der Waals surface area contributed by atoms with E-state index in [0.29, 0.717) is 0 Å². The minimum atomic E-state index is -0.771. The molecule has 1 aromatic carbocycles. The summed E-state index contributed by atoms with van der Waals surface area (Å²) < 4.78 is 14.4. The van der Waals surface area contributed by atoms with Crippen LogP contribution in [-0.2, 0) is 14.2 Å². The van der Waals surface area contributed by atoms with Crippen LogP contribution in [0.25, 0.3) is 0 Å². The van der Waals surface area contributed by atoms with Gasteiger partial charge in [0, 0.05) is 0 Å². The summed E-state index contributed by atoms with van der Waals surface area (Å²) in [5.41, 5.74) is -0.704. The zero-order chi connectivity index (χ0) is 16.9. The van der Waals surface area contributed by atoms with E-state index in [9.17, 15) is 14.4 Å². The number of benzene rings is 1. The van der Waals surface area contributed by atoms with Gasteiger partial charge in [-0.15, -0.1) is 0 Å². The molecule has 7 heteroatoms. The number of hydrogen-bond acceptors (Lipinski definition) is 6. The molecule has 22 heavy (non-hydrogen) atoms. The zero-order valence-electron chi connectivity index (χ0n) is 13.2. The molecule has 1 N–H and O–H groups in total. The fraction of sp³-hybridized carbons (Fsp3) is 0.400. The van der Waals surface area contributed by atoms with E-state index in [-0.39, 0.29) is 16.8 Å². The molecule has 0 aliphatic rings. The first kappa shape index (κ1) is 17.5. The Balaban J connectivity index is 3.21. The molecule has 0 bridgehead atoms. The van der Waals surface area contributed by atoms with Crippen molar-refractivity contribution in [3.05, 3.63) is 29.3 Å². The summed E-state index contributed by atoms with van der Waals surface area (Å²) in [6.07, 6.45) is -0.750. The third kappa shape index (κ3) is 4.47. The molecule has 0 aromatic heterocycles. The van der Waals surface area contributed by atoms with E-state index in [0.717, 1.165) is 0 Å². The van der Waals surface area contributed by atoms with Crippen molar-refractivity contribution in [1.29, 1.82) is 0 Å². The van der Waals surface area contributed by atoms with Gasteiger partial charge >= 0.3 is 18.0 Å². The van der Waals surface area contributed by atoms with E-state index in [4.69, 9.17) is 4.74 Å². The third-order valence-electron chi connectivity index (χ3n) is 2.49. The molecular weight excluding hydrogens is 290 g/mol. The van der Waals surface area contributed by atoms with Crippen LogP contribution in [0.4, 0.5) is 10.5 Å². The topological polar surface area (TPSA) is 90.9 Å². The average molecular weight is 309 g/mol. The highest BCUT2D eigenvalue weighted by molar-refractivity contribution is 6.08. The first-order valence-corrected chi connectivity index (χ1v) is 6.49. The summed E-state index contributed by atoms with van der Waals surface area (Å²) in [6, 6.07) is 4.37. The van der Waals surface area contributed by atoms with Gasteiger partial charge in [-0.25, -0.2) is 14.4 Å². The van der Waals surface area contributed by atoms with Gasteiger partial charge in [-0.3, -0.25) is 5.32 Å².